The van der Waals surface area contributed by atoms with Crippen LogP contribution in [0, 0.1) is 17.9 Å². The van der Waals surface area contributed by atoms with Crippen molar-refractivity contribution in [1.29, 1.82) is 0 Å². The van der Waals surface area contributed by atoms with Crippen molar-refractivity contribution in [3.05, 3.63) is 114 Å². The van der Waals surface area contributed by atoms with Gasteiger partial charge in [-0.3, -0.25) is 9.78 Å². The molecule has 0 fully saturated rings. The molecule has 0 saturated heterocycles. The number of aliphatic hydroxyl groups excluding tert-OH is 1. The SMILES string of the molecule is CC1(C)c2ccccc2-c2c(-c3[c-]c4ccccc4cc3)nc3ccccc3c21.CCC(CC)C(=O)/C=C(\O)C(CC)CC.[Ir]. The number of para-hydroxylation sites is 1. The van der Waals surface area contributed by atoms with Crippen molar-refractivity contribution in [2.24, 2.45) is 11.8 Å². The van der Waals surface area contributed by atoms with Gasteiger partial charge in [-0.25, -0.2) is 0 Å². The van der Waals surface area contributed by atoms with E-state index in [0.29, 0.717) is 0 Å². The summed E-state index contributed by atoms with van der Waals surface area (Å²) >= 11 is 0. The number of hydrogen-bond acceptors (Lipinski definition) is 3. The van der Waals surface area contributed by atoms with E-state index in [9.17, 15) is 9.90 Å². The molecule has 45 heavy (non-hydrogen) atoms. The third-order valence-electron chi connectivity index (χ3n) is 9.38. The molecular formula is C41H44IrNO2-. The second-order valence-electron chi connectivity index (χ2n) is 12.4. The first-order valence-corrected chi connectivity index (χ1v) is 16.1. The monoisotopic (exact) mass is 775 g/mol. The summed E-state index contributed by atoms with van der Waals surface area (Å²) in [5.74, 6) is 0.547. The molecule has 0 saturated carbocycles. The van der Waals surface area contributed by atoms with Crippen LogP contribution in [0.5, 0.6) is 0 Å². The summed E-state index contributed by atoms with van der Waals surface area (Å²) in [6.45, 7) is 12.7. The number of aromatic nitrogens is 1. The van der Waals surface area contributed by atoms with Crippen molar-refractivity contribution in [3.63, 3.8) is 0 Å². The second kappa shape index (κ2) is 14.7. The Labute approximate surface area is 282 Å². The number of benzene rings is 4. The summed E-state index contributed by atoms with van der Waals surface area (Å²) in [6.07, 6.45) is 4.91. The van der Waals surface area contributed by atoms with Gasteiger partial charge in [0.1, 0.15) is 0 Å². The van der Waals surface area contributed by atoms with E-state index in [1.54, 1.807) is 0 Å². The van der Waals surface area contributed by atoms with Crippen LogP contribution in [-0.4, -0.2) is 15.9 Å². The van der Waals surface area contributed by atoms with Gasteiger partial charge in [0.25, 0.3) is 0 Å². The number of ketones is 1. The third-order valence-corrected chi connectivity index (χ3v) is 9.38. The summed E-state index contributed by atoms with van der Waals surface area (Å²) in [4.78, 5) is 16.9. The molecule has 0 amide bonds. The molecule has 4 heteroatoms. The molecule has 6 rings (SSSR count). The Bertz CT molecular complexity index is 1830. The molecule has 1 N–H and O–H groups in total. The zero-order chi connectivity index (χ0) is 31.4. The van der Waals surface area contributed by atoms with Crippen molar-refractivity contribution >= 4 is 27.5 Å². The van der Waals surface area contributed by atoms with Gasteiger partial charge in [0.05, 0.1) is 11.3 Å². The summed E-state index contributed by atoms with van der Waals surface area (Å²) in [6, 6.07) is 33.7. The molecule has 1 heterocycles. The predicted octanol–water partition coefficient (Wildman–Crippen LogP) is 11.0. The van der Waals surface area contributed by atoms with Crippen LogP contribution in [0.2, 0.25) is 0 Å². The molecule has 3 nitrogen and oxygen atoms in total. The minimum absolute atomic E-state index is 0. The number of aliphatic hydroxyl groups is 1. The smallest absolute Gasteiger partial charge is 0.162 e. The van der Waals surface area contributed by atoms with Gasteiger partial charge >= 0.3 is 0 Å². The number of carbonyl (C=O) groups is 1. The second-order valence-corrected chi connectivity index (χ2v) is 12.4. The Morgan fingerprint density at radius 2 is 1.44 bits per heavy atom. The van der Waals surface area contributed by atoms with Gasteiger partial charge < -0.3 is 5.11 Å². The molecule has 1 radical (unpaired) electrons. The molecule has 235 valence electrons. The first-order chi connectivity index (χ1) is 21.2. The van der Waals surface area contributed by atoms with Gasteiger partial charge in [-0.2, -0.15) is 0 Å². The van der Waals surface area contributed by atoms with Crippen LogP contribution in [-0.2, 0) is 30.3 Å². The molecule has 5 aromatic rings. The first kappa shape index (κ1) is 34.3. The number of nitrogens with zero attached hydrogens (tertiary/aromatic N) is 1. The zero-order valence-corrected chi connectivity index (χ0v) is 29.7. The fourth-order valence-electron chi connectivity index (χ4n) is 6.73. The third kappa shape index (κ3) is 6.69. The molecule has 4 aromatic carbocycles. The van der Waals surface area contributed by atoms with E-state index in [1.807, 2.05) is 27.7 Å². The van der Waals surface area contributed by atoms with Crippen molar-refractivity contribution in [2.75, 3.05) is 0 Å². The Hall–Kier alpha value is -3.59. The van der Waals surface area contributed by atoms with E-state index in [0.717, 1.165) is 47.8 Å². The Morgan fingerprint density at radius 3 is 2.16 bits per heavy atom. The topological polar surface area (TPSA) is 50.2 Å². The maximum Gasteiger partial charge on any atom is 0.162 e. The van der Waals surface area contributed by atoms with E-state index in [1.165, 1.54) is 39.1 Å². The summed E-state index contributed by atoms with van der Waals surface area (Å²) in [5, 5.41) is 13.3. The molecule has 0 bridgehead atoms. The van der Waals surface area contributed by atoms with Crippen molar-refractivity contribution in [1.82, 2.24) is 4.98 Å². The number of allylic oxidation sites excluding steroid dienone is 2. The van der Waals surface area contributed by atoms with Crippen LogP contribution >= 0.6 is 0 Å². The molecule has 0 aliphatic heterocycles. The van der Waals surface area contributed by atoms with E-state index < -0.39 is 0 Å². The van der Waals surface area contributed by atoms with Crippen LogP contribution in [0.25, 0.3) is 44.1 Å². The van der Waals surface area contributed by atoms with E-state index in [4.69, 9.17) is 4.98 Å². The molecule has 0 spiro atoms. The number of rotatable bonds is 8. The Kier molecular flexibility index (Phi) is 11.2. The average molecular weight is 775 g/mol. The van der Waals surface area contributed by atoms with E-state index >= 15 is 0 Å². The number of fused-ring (bicyclic) bond motifs is 6. The Balaban J connectivity index is 0.000000249. The zero-order valence-electron chi connectivity index (χ0n) is 27.3. The largest absolute Gasteiger partial charge is 0.512 e. The number of hydrogen-bond donors (Lipinski definition) is 1. The molecule has 0 atom stereocenters. The fourth-order valence-corrected chi connectivity index (χ4v) is 6.73. The van der Waals surface area contributed by atoms with Gasteiger partial charge in [-0.1, -0.05) is 113 Å². The Morgan fingerprint density at radius 1 is 0.822 bits per heavy atom. The van der Waals surface area contributed by atoms with Gasteiger partial charge in [0.2, 0.25) is 0 Å². The quantitative estimate of drug-likeness (QED) is 0.0970. The average Bonchev–Trinajstić information content (AvgIpc) is 3.29. The van der Waals surface area contributed by atoms with Gasteiger partial charge in [-0.05, 0) is 54.0 Å². The standard InChI is InChI=1S/C28H20N.C13H24O2.Ir/c1-28(2)23-13-7-5-11-21(23)25-26(28)22-12-6-8-14-24(22)29-27(25)20-16-15-18-9-3-4-10-19(18)17-20;1-5-10(6-2)12(14)9-13(15)11(7-3)8-4;/h3-16H,1-2H3;9-11,14H,5-8H2,1-4H3;/q-1;;/b;12-9-;. The summed E-state index contributed by atoms with van der Waals surface area (Å²) in [7, 11) is 0. The van der Waals surface area contributed by atoms with Crippen LogP contribution < -0.4 is 0 Å². The maximum absolute atomic E-state index is 11.7. The van der Waals surface area contributed by atoms with E-state index in [2.05, 4.69) is 105 Å². The summed E-state index contributed by atoms with van der Waals surface area (Å²) in [5.41, 5.74) is 8.36. The van der Waals surface area contributed by atoms with Gasteiger partial charge in [0.15, 0.2) is 5.78 Å². The number of carbonyl (C=O) groups excluding carboxylic acids is 1. The van der Waals surface area contributed by atoms with Crippen molar-refractivity contribution in [3.8, 4) is 22.4 Å². The molecule has 1 aliphatic carbocycles. The van der Waals surface area contributed by atoms with Crippen LogP contribution in [0.15, 0.2) is 96.8 Å². The fraction of sp³-hybridized carbons (Fsp3) is 0.317. The van der Waals surface area contributed by atoms with Crippen LogP contribution in [0.4, 0.5) is 0 Å². The molecular weight excluding hydrogens is 731 g/mol. The van der Waals surface area contributed by atoms with Crippen LogP contribution in [0.3, 0.4) is 0 Å². The van der Waals surface area contributed by atoms with E-state index in [-0.39, 0.29) is 48.9 Å². The maximum atomic E-state index is 11.7. The minimum atomic E-state index is -0.0694. The van der Waals surface area contributed by atoms with Crippen molar-refractivity contribution < 1.29 is 30.0 Å². The minimum Gasteiger partial charge on any atom is -0.512 e. The van der Waals surface area contributed by atoms with Crippen molar-refractivity contribution in [2.45, 2.75) is 72.6 Å². The normalized spacial score (nSPS) is 13.3. The molecule has 1 aliphatic rings. The van der Waals surface area contributed by atoms with Crippen LogP contribution in [0.1, 0.15) is 78.4 Å². The summed E-state index contributed by atoms with van der Waals surface area (Å²) < 4.78 is 0. The number of pyridine rings is 1. The predicted molar refractivity (Wildman–Crippen MR) is 185 cm³/mol. The molecule has 1 aromatic heterocycles. The van der Waals surface area contributed by atoms with Gasteiger partial charge in [-0.15, -0.1) is 29.7 Å². The van der Waals surface area contributed by atoms with Gasteiger partial charge in [0, 0.05) is 54.5 Å². The first-order valence-electron chi connectivity index (χ1n) is 16.1. The molecule has 0 unspecified atom stereocenters.